The zero-order valence-corrected chi connectivity index (χ0v) is 15.4. The minimum Gasteiger partial charge on any atom is -0.329 e. The van der Waals surface area contributed by atoms with Crippen molar-refractivity contribution in [2.75, 3.05) is 5.32 Å². The van der Waals surface area contributed by atoms with Crippen LogP contribution in [0.5, 0.6) is 0 Å². The van der Waals surface area contributed by atoms with E-state index in [1.165, 1.54) is 18.2 Å². The number of carbonyl (C=O) groups is 3. The molecule has 0 fully saturated rings. The first kappa shape index (κ1) is 18.8. The minimum atomic E-state index is -0.855. The van der Waals surface area contributed by atoms with Gasteiger partial charge in [0.05, 0.1) is 10.8 Å². The van der Waals surface area contributed by atoms with Gasteiger partial charge in [0, 0.05) is 41.9 Å². The Morgan fingerprint density at radius 1 is 1.30 bits per heavy atom. The second-order valence-electron chi connectivity index (χ2n) is 7.88. The number of carbonyl (C=O) groups excluding carboxylic acids is 3. The van der Waals surface area contributed by atoms with Crippen molar-refractivity contribution in [1.82, 2.24) is 5.32 Å². The van der Waals surface area contributed by atoms with Crippen LogP contribution in [0.25, 0.3) is 0 Å². The second kappa shape index (κ2) is 6.61. The van der Waals surface area contributed by atoms with E-state index in [0.29, 0.717) is 35.4 Å². The van der Waals surface area contributed by atoms with Gasteiger partial charge in [-0.15, -0.1) is 0 Å². The lowest BCUT2D eigenvalue weighted by atomic mass is 9.71. The van der Waals surface area contributed by atoms with Crippen LogP contribution in [0.1, 0.15) is 38.7 Å². The van der Waals surface area contributed by atoms with Crippen molar-refractivity contribution in [3.8, 4) is 0 Å². The van der Waals surface area contributed by atoms with Gasteiger partial charge in [-0.25, -0.2) is 0 Å². The van der Waals surface area contributed by atoms with Crippen LogP contribution in [0.4, 0.5) is 11.4 Å². The molecule has 8 nitrogen and oxygen atoms in total. The first-order valence-corrected chi connectivity index (χ1v) is 8.69. The number of non-ortho nitro benzene ring substituents is 1. The SMILES string of the molecule is Cc1cc([N+](=O)[O-])ccc1NC(=O)[C@H]1CC(=O)NC2=C1C(=O)CC(C)(C)C2. The van der Waals surface area contributed by atoms with Crippen molar-refractivity contribution in [2.24, 2.45) is 11.3 Å². The minimum absolute atomic E-state index is 0.0720. The average Bonchev–Trinajstić information content (AvgIpc) is 2.53. The summed E-state index contributed by atoms with van der Waals surface area (Å²) in [5, 5.41) is 16.3. The van der Waals surface area contributed by atoms with Crippen molar-refractivity contribution in [2.45, 2.75) is 40.0 Å². The zero-order valence-electron chi connectivity index (χ0n) is 15.4. The number of rotatable bonds is 3. The number of amides is 2. The number of benzene rings is 1. The molecular formula is C19H21N3O5. The molecule has 2 amide bonds. The van der Waals surface area contributed by atoms with Gasteiger partial charge in [0.25, 0.3) is 5.69 Å². The van der Waals surface area contributed by atoms with Crippen LogP contribution < -0.4 is 10.6 Å². The van der Waals surface area contributed by atoms with E-state index in [0.717, 1.165) is 0 Å². The number of aryl methyl sites for hydroxylation is 1. The summed E-state index contributed by atoms with van der Waals surface area (Å²) in [5.41, 5.74) is 1.53. The second-order valence-corrected chi connectivity index (χ2v) is 7.88. The molecule has 0 unspecified atom stereocenters. The van der Waals surface area contributed by atoms with E-state index in [4.69, 9.17) is 0 Å². The van der Waals surface area contributed by atoms with E-state index in [-0.39, 0.29) is 29.2 Å². The first-order valence-electron chi connectivity index (χ1n) is 8.69. The highest BCUT2D eigenvalue weighted by Gasteiger charge is 2.42. The molecule has 27 heavy (non-hydrogen) atoms. The third-order valence-electron chi connectivity index (χ3n) is 4.94. The number of Topliss-reactive ketones (excluding diaryl/α,β-unsaturated/α-hetero) is 1. The van der Waals surface area contributed by atoms with Gasteiger partial charge < -0.3 is 10.6 Å². The Hall–Kier alpha value is -3.03. The Labute approximate surface area is 156 Å². The Kier molecular flexibility index (Phi) is 4.59. The summed E-state index contributed by atoms with van der Waals surface area (Å²) in [4.78, 5) is 47.9. The van der Waals surface area contributed by atoms with E-state index < -0.39 is 16.7 Å². The summed E-state index contributed by atoms with van der Waals surface area (Å²) < 4.78 is 0. The van der Waals surface area contributed by atoms with E-state index in [1.807, 2.05) is 13.8 Å². The molecule has 0 saturated heterocycles. The Morgan fingerprint density at radius 3 is 2.63 bits per heavy atom. The molecule has 0 saturated carbocycles. The molecule has 8 heteroatoms. The lowest BCUT2D eigenvalue weighted by molar-refractivity contribution is -0.384. The molecule has 1 atom stereocenters. The van der Waals surface area contributed by atoms with Crippen molar-refractivity contribution in [1.29, 1.82) is 0 Å². The van der Waals surface area contributed by atoms with Gasteiger partial charge in [0.2, 0.25) is 11.8 Å². The fraction of sp³-hybridized carbons (Fsp3) is 0.421. The number of nitro benzene ring substituents is 1. The lowest BCUT2D eigenvalue weighted by Crippen LogP contribution is -2.44. The van der Waals surface area contributed by atoms with Crippen LogP contribution in [0.3, 0.4) is 0 Å². The number of hydrogen-bond donors (Lipinski definition) is 2. The molecule has 1 heterocycles. The van der Waals surface area contributed by atoms with Gasteiger partial charge in [0.15, 0.2) is 5.78 Å². The van der Waals surface area contributed by atoms with E-state index in [9.17, 15) is 24.5 Å². The largest absolute Gasteiger partial charge is 0.329 e. The first-order chi connectivity index (χ1) is 12.6. The Bertz CT molecular complexity index is 901. The van der Waals surface area contributed by atoms with Crippen LogP contribution >= 0.6 is 0 Å². The van der Waals surface area contributed by atoms with Gasteiger partial charge in [-0.2, -0.15) is 0 Å². The van der Waals surface area contributed by atoms with Gasteiger partial charge in [0.1, 0.15) is 0 Å². The van der Waals surface area contributed by atoms with Gasteiger partial charge in [-0.3, -0.25) is 24.5 Å². The summed E-state index contributed by atoms with van der Waals surface area (Å²) >= 11 is 0. The Balaban J connectivity index is 1.89. The summed E-state index contributed by atoms with van der Waals surface area (Å²) in [5.74, 6) is -1.73. The molecule has 2 aliphatic rings. The van der Waals surface area contributed by atoms with E-state index in [1.54, 1.807) is 6.92 Å². The maximum Gasteiger partial charge on any atom is 0.269 e. The molecule has 1 aromatic rings. The highest BCUT2D eigenvalue weighted by Crippen LogP contribution is 2.41. The summed E-state index contributed by atoms with van der Waals surface area (Å²) in [6, 6.07) is 4.12. The molecular weight excluding hydrogens is 350 g/mol. The lowest BCUT2D eigenvalue weighted by Gasteiger charge is -2.37. The quantitative estimate of drug-likeness (QED) is 0.625. The van der Waals surface area contributed by atoms with Crippen molar-refractivity contribution in [3.05, 3.63) is 45.1 Å². The number of hydrogen-bond acceptors (Lipinski definition) is 5. The Morgan fingerprint density at radius 2 is 2.00 bits per heavy atom. The topological polar surface area (TPSA) is 118 Å². The molecule has 1 aliphatic carbocycles. The van der Waals surface area contributed by atoms with Gasteiger partial charge >= 0.3 is 0 Å². The highest BCUT2D eigenvalue weighted by atomic mass is 16.6. The smallest absolute Gasteiger partial charge is 0.269 e. The molecule has 142 valence electrons. The number of ketones is 1. The molecule has 1 aromatic carbocycles. The van der Waals surface area contributed by atoms with E-state index in [2.05, 4.69) is 10.6 Å². The number of nitrogens with zero attached hydrogens (tertiary/aromatic N) is 1. The number of allylic oxidation sites excluding steroid dienone is 1. The molecule has 0 bridgehead atoms. The molecule has 0 radical (unpaired) electrons. The third kappa shape index (κ3) is 3.74. The number of nitrogens with one attached hydrogen (secondary N) is 2. The monoisotopic (exact) mass is 371 g/mol. The molecule has 3 rings (SSSR count). The highest BCUT2D eigenvalue weighted by molar-refractivity contribution is 6.09. The number of nitro groups is 1. The van der Waals surface area contributed by atoms with Crippen molar-refractivity contribution < 1.29 is 19.3 Å². The zero-order chi connectivity index (χ0) is 19.9. The van der Waals surface area contributed by atoms with Gasteiger partial charge in [-0.05, 0) is 30.4 Å². The molecule has 2 N–H and O–H groups in total. The molecule has 0 spiro atoms. The predicted octanol–water partition coefficient (Wildman–Crippen LogP) is 2.62. The predicted molar refractivity (Wildman–Crippen MR) is 97.8 cm³/mol. The summed E-state index contributed by atoms with van der Waals surface area (Å²) in [6.07, 6.45) is 0.755. The van der Waals surface area contributed by atoms with Gasteiger partial charge in [-0.1, -0.05) is 13.8 Å². The molecule has 0 aromatic heterocycles. The van der Waals surface area contributed by atoms with E-state index >= 15 is 0 Å². The fourth-order valence-corrected chi connectivity index (χ4v) is 3.70. The maximum atomic E-state index is 12.8. The average molecular weight is 371 g/mol. The standard InChI is InChI=1S/C19H21N3O5/c1-10-6-11(22(26)27)4-5-13(10)21-18(25)12-7-16(24)20-14-8-19(2,3)9-15(23)17(12)14/h4-6,12H,7-9H2,1-3H3,(H,20,24)(H,21,25)/t12-/m0/s1. The van der Waals surface area contributed by atoms with Crippen LogP contribution in [0.2, 0.25) is 0 Å². The van der Waals surface area contributed by atoms with Crippen molar-refractivity contribution >= 4 is 29.0 Å². The fourth-order valence-electron chi connectivity index (χ4n) is 3.70. The van der Waals surface area contributed by atoms with Crippen molar-refractivity contribution in [3.63, 3.8) is 0 Å². The van der Waals surface area contributed by atoms with Crippen LogP contribution in [0.15, 0.2) is 29.5 Å². The summed E-state index contributed by atoms with van der Waals surface area (Å²) in [7, 11) is 0. The number of anilines is 1. The molecule has 1 aliphatic heterocycles. The van der Waals surface area contributed by atoms with Crippen LogP contribution in [0, 0.1) is 28.4 Å². The van der Waals surface area contributed by atoms with Crippen LogP contribution in [-0.2, 0) is 14.4 Å². The normalized spacial score (nSPS) is 21.4. The third-order valence-corrected chi connectivity index (χ3v) is 4.94. The maximum absolute atomic E-state index is 12.8. The summed E-state index contributed by atoms with van der Waals surface area (Å²) in [6.45, 7) is 5.55. The van der Waals surface area contributed by atoms with Crippen LogP contribution in [-0.4, -0.2) is 22.5 Å².